The third-order valence-electron chi connectivity index (χ3n) is 1.98. The van der Waals surface area contributed by atoms with Gasteiger partial charge in [-0.2, -0.15) is 0 Å². The van der Waals surface area contributed by atoms with Gasteiger partial charge < -0.3 is 10.2 Å². The summed E-state index contributed by atoms with van der Waals surface area (Å²) in [5.74, 6) is 0.156. The molecule has 84 valence electrons. The van der Waals surface area contributed by atoms with E-state index < -0.39 is 0 Å². The number of hydrogen-bond acceptors (Lipinski definition) is 4. The highest BCUT2D eigenvalue weighted by Gasteiger charge is 2.03. The molecule has 0 fully saturated rings. The lowest BCUT2D eigenvalue weighted by atomic mass is 10.4. The number of amides is 1. The van der Waals surface area contributed by atoms with Crippen LogP contribution in [0.1, 0.15) is 16.3 Å². The molecule has 1 aromatic heterocycles. The van der Waals surface area contributed by atoms with Crippen molar-refractivity contribution < 1.29 is 4.79 Å². The molecule has 1 amide bonds. The maximum Gasteiger partial charge on any atom is 0.223 e. The van der Waals surface area contributed by atoms with Crippen LogP contribution in [0.25, 0.3) is 0 Å². The zero-order valence-electron chi connectivity index (χ0n) is 9.41. The Balaban J connectivity index is 2.15. The molecule has 0 aliphatic heterocycles. The number of nitrogens with zero attached hydrogens (tertiary/aromatic N) is 2. The molecule has 0 aromatic carbocycles. The zero-order valence-corrected chi connectivity index (χ0v) is 10.2. The summed E-state index contributed by atoms with van der Waals surface area (Å²) in [5, 5.41) is 4.30. The second kappa shape index (κ2) is 5.82. The summed E-state index contributed by atoms with van der Waals surface area (Å²) in [6.07, 6.45) is 2.42. The zero-order chi connectivity index (χ0) is 11.3. The third-order valence-corrected chi connectivity index (χ3v) is 2.90. The maximum atomic E-state index is 11.2. The molecular formula is C10H17N3OS. The van der Waals surface area contributed by atoms with Crippen LogP contribution in [0.3, 0.4) is 0 Å². The van der Waals surface area contributed by atoms with Crippen LogP contribution in [0, 0.1) is 6.92 Å². The molecule has 15 heavy (non-hydrogen) atoms. The highest BCUT2D eigenvalue weighted by atomic mass is 32.1. The van der Waals surface area contributed by atoms with E-state index in [4.69, 9.17) is 0 Å². The van der Waals surface area contributed by atoms with E-state index >= 15 is 0 Å². The lowest BCUT2D eigenvalue weighted by molar-refractivity contribution is -0.128. The number of nitrogens with one attached hydrogen (secondary N) is 1. The normalized spacial score (nSPS) is 10.3. The first-order chi connectivity index (χ1) is 7.09. The predicted octanol–water partition coefficient (Wildman–Crippen LogP) is 1.02. The van der Waals surface area contributed by atoms with Gasteiger partial charge in [0.05, 0.1) is 5.01 Å². The summed E-state index contributed by atoms with van der Waals surface area (Å²) >= 11 is 1.68. The number of thiazole rings is 1. The summed E-state index contributed by atoms with van der Waals surface area (Å²) in [6.45, 7) is 3.50. The first kappa shape index (κ1) is 12.1. The van der Waals surface area contributed by atoms with Crippen molar-refractivity contribution in [2.75, 3.05) is 20.6 Å². The van der Waals surface area contributed by atoms with Crippen molar-refractivity contribution >= 4 is 17.2 Å². The SMILES string of the molecule is Cc1ncc(CNCCC(=O)N(C)C)s1. The topological polar surface area (TPSA) is 45.2 Å². The molecular weight excluding hydrogens is 210 g/mol. The predicted molar refractivity (Wildman–Crippen MR) is 61.9 cm³/mol. The Morgan fingerprint density at radius 1 is 1.60 bits per heavy atom. The van der Waals surface area contributed by atoms with Gasteiger partial charge in [0.15, 0.2) is 0 Å². The molecule has 0 atom stereocenters. The highest BCUT2D eigenvalue weighted by molar-refractivity contribution is 7.11. The van der Waals surface area contributed by atoms with E-state index in [2.05, 4.69) is 10.3 Å². The first-order valence-corrected chi connectivity index (χ1v) is 5.73. The van der Waals surface area contributed by atoms with Crippen LogP contribution in [0.15, 0.2) is 6.20 Å². The van der Waals surface area contributed by atoms with Crippen molar-refractivity contribution in [2.45, 2.75) is 19.9 Å². The van der Waals surface area contributed by atoms with Gasteiger partial charge in [0.2, 0.25) is 5.91 Å². The monoisotopic (exact) mass is 227 g/mol. The lowest BCUT2D eigenvalue weighted by Crippen LogP contribution is -2.26. The van der Waals surface area contributed by atoms with Crippen LogP contribution in [0.5, 0.6) is 0 Å². The molecule has 0 aliphatic rings. The van der Waals surface area contributed by atoms with Crippen molar-refractivity contribution in [1.29, 1.82) is 0 Å². The smallest absolute Gasteiger partial charge is 0.223 e. The molecule has 1 N–H and O–H groups in total. The van der Waals surface area contributed by atoms with Crippen molar-refractivity contribution in [3.63, 3.8) is 0 Å². The van der Waals surface area contributed by atoms with Crippen LogP contribution in [-0.4, -0.2) is 36.4 Å². The molecule has 0 unspecified atom stereocenters. The number of carbonyl (C=O) groups is 1. The second-order valence-corrected chi connectivity index (χ2v) is 4.88. The molecule has 0 saturated heterocycles. The highest BCUT2D eigenvalue weighted by Crippen LogP contribution is 2.10. The second-order valence-electron chi connectivity index (χ2n) is 3.56. The Morgan fingerprint density at radius 3 is 2.87 bits per heavy atom. The van der Waals surface area contributed by atoms with Crippen LogP contribution in [0.4, 0.5) is 0 Å². The maximum absolute atomic E-state index is 11.2. The minimum absolute atomic E-state index is 0.156. The molecule has 4 nitrogen and oxygen atoms in total. The van der Waals surface area contributed by atoms with E-state index in [-0.39, 0.29) is 5.91 Å². The third kappa shape index (κ3) is 4.40. The van der Waals surface area contributed by atoms with Gasteiger partial charge in [-0.3, -0.25) is 4.79 Å². The van der Waals surface area contributed by atoms with Gasteiger partial charge in [0.25, 0.3) is 0 Å². The fourth-order valence-electron chi connectivity index (χ4n) is 1.12. The van der Waals surface area contributed by atoms with Gasteiger partial charge in [-0.1, -0.05) is 0 Å². The molecule has 5 heteroatoms. The van der Waals surface area contributed by atoms with Crippen LogP contribution < -0.4 is 5.32 Å². The van der Waals surface area contributed by atoms with Crippen LogP contribution >= 0.6 is 11.3 Å². The van der Waals surface area contributed by atoms with Gasteiger partial charge in [-0.25, -0.2) is 4.98 Å². The molecule has 0 radical (unpaired) electrons. The van der Waals surface area contributed by atoms with E-state index in [1.165, 1.54) is 4.88 Å². The van der Waals surface area contributed by atoms with E-state index in [9.17, 15) is 4.79 Å². The number of rotatable bonds is 5. The van der Waals surface area contributed by atoms with E-state index in [1.54, 1.807) is 30.3 Å². The Labute approximate surface area is 94.3 Å². The van der Waals surface area contributed by atoms with E-state index in [1.807, 2.05) is 13.1 Å². The number of aryl methyl sites for hydroxylation is 1. The van der Waals surface area contributed by atoms with Crippen LogP contribution in [-0.2, 0) is 11.3 Å². The molecule has 0 saturated carbocycles. The minimum Gasteiger partial charge on any atom is -0.349 e. The Hall–Kier alpha value is -0.940. The Kier molecular flexibility index (Phi) is 4.71. The van der Waals surface area contributed by atoms with Gasteiger partial charge in [-0.05, 0) is 6.92 Å². The van der Waals surface area contributed by atoms with Gasteiger partial charge in [0, 0.05) is 44.7 Å². The summed E-state index contributed by atoms with van der Waals surface area (Å²) in [7, 11) is 3.55. The summed E-state index contributed by atoms with van der Waals surface area (Å²) in [6, 6.07) is 0. The first-order valence-electron chi connectivity index (χ1n) is 4.92. The van der Waals surface area contributed by atoms with E-state index in [0.29, 0.717) is 13.0 Å². The Bertz CT molecular complexity index is 322. The van der Waals surface area contributed by atoms with Crippen LogP contribution in [0.2, 0.25) is 0 Å². The van der Waals surface area contributed by atoms with Gasteiger partial charge >= 0.3 is 0 Å². The molecule has 1 heterocycles. The number of carbonyl (C=O) groups excluding carboxylic acids is 1. The van der Waals surface area contributed by atoms with Crippen molar-refractivity contribution in [1.82, 2.24) is 15.2 Å². The molecule has 0 aliphatic carbocycles. The molecule has 1 rings (SSSR count). The lowest BCUT2D eigenvalue weighted by Gasteiger charge is -2.09. The average Bonchev–Trinajstić information content (AvgIpc) is 2.58. The number of aromatic nitrogens is 1. The summed E-state index contributed by atoms with van der Waals surface area (Å²) in [4.78, 5) is 18.2. The van der Waals surface area contributed by atoms with Crippen molar-refractivity contribution in [3.05, 3.63) is 16.1 Å². The standard InChI is InChI=1S/C10H17N3OS/c1-8-12-7-9(15-8)6-11-5-4-10(14)13(2)3/h7,11H,4-6H2,1-3H3. The fourth-order valence-corrected chi connectivity index (χ4v) is 1.88. The van der Waals surface area contributed by atoms with Gasteiger partial charge in [-0.15, -0.1) is 11.3 Å². The molecule has 1 aromatic rings. The van der Waals surface area contributed by atoms with Crippen molar-refractivity contribution in [2.24, 2.45) is 0 Å². The average molecular weight is 227 g/mol. The molecule has 0 spiro atoms. The van der Waals surface area contributed by atoms with E-state index in [0.717, 1.165) is 11.6 Å². The minimum atomic E-state index is 0.156. The largest absolute Gasteiger partial charge is 0.349 e. The molecule has 0 bridgehead atoms. The summed E-state index contributed by atoms with van der Waals surface area (Å²) < 4.78 is 0. The van der Waals surface area contributed by atoms with Gasteiger partial charge in [0.1, 0.15) is 0 Å². The Morgan fingerprint density at radius 2 is 2.33 bits per heavy atom. The fraction of sp³-hybridized carbons (Fsp3) is 0.600. The summed E-state index contributed by atoms with van der Waals surface area (Å²) in [5.41, 5.74) is 0. The quantitative estimate of drug-likeness (QED) is 0.764. The number of hydrogen-bond donors (Lipinski definition) is 1. The van der Waals surface area contributed by atoms with Crippen molar-refractivity contribution in [3.8, 4) is 0 Å².